The molecule has 1 aromatic rings. The predicted octanol–water partition coefficient (Wildman–Crippen LogP) is 0.0933. The van der Waals surface area contributed by atoms with Crippen molar-refractivity contribution in [3.63, 3.8) is 0 Å². The predicted molar refractivity (Wildman–Crippen MR) is 50.6 cm³/mol. The Morgan fingerprint density at radius 1 is 1.40 bits per heavy atom. The minimum absolute atomic E-state index is 0.191. The van der Waals surface area contributed by atoms with Gasteiger partial charge in [-0.3, -0.25) is 0 Å². The van der Waals surface area contributed by atoms with E-state index in [0.717, 1.165) is 0 Å². The van der Waals surface area contributed by atoms with Gasteiger partial charge in [-0.2, -0.15) is 15.2 Å². The molecule has 0 aliphatic heterocycles. The molecule has 0 aromatic carbocycles. The maximum atomic E-state index is 8.92. The van der Waals surface area contributed by atoms with E-state index in [1.165, 1.54) is 20.3 Å². The van der Waals surface area contributed by atoms with Crippen molar-refractivity contribution >= 4 is 0 Å². The molecule has 1 N–H and O–H groups in total. The number of ether oxygens (including phenoxy) is 2. The van der Waals surface area contributed by atoms with E-state index in [0.29, 0.717) is 11.8 Å². The van der Waals surface area contributed by atoms with Gasteiger partial charge in [0.1, 0.15) is 5.92 Å². The second-order valence-corrected chi connectivity index (χ2v) is 2.68. The Labute approximate surface area is 87.1 Å². The number of aromatic nitrogens is 2. The molecule has 80 valence electrons. The van der Waals surface area contributed by atoms with Crippen LogP contribution in [0, 0.1) is 11.3 Å². The van der Waals surface area contributed by atoms with Gasteiger partial charge in [-0.15, -0.1) is 0 Å². The molecule has 0 aliphatic rings. The van der Waals surface area contributed by atoms with E-state index in [1.807, 2.05) is 6.07 Å². The molecule has 1 aromatic heterocycles. The molecule has 1 atom stereocenters. The van der Waals surface area contributed by atoms with Gasteiger partial charge < -0.3 is 14.6 Å². The Hall–Kier alpha value is -1.87. The van der Waals surface area contributed by atoms with Gasteiger partial charge in [-0.05, 0) is 0 Å². The maximum absolute atomic E-state index is 8.92. The van der Waals surface area contributed by atoms with Gasteiger partial charge in [-0.1, -0.05) is 0 Å². The highest BCUT2D eigenvalue weighted by molar-refractivity contribution is 5.24. The Bertz CT molecular complexity index is 353. The highest BCUT2D eigenvalue weighted by Gasteiger charge is 2.15. The minimum atomic E-state index is -0.769. The van der Waals surface area contributed by atoms with Gasteiger partial charge in [0.2, 0.25) is 11.8 Å². The van der Waals surface area contributed by atoms with Gasteiger partial charge in [0.15, 0.2) is 5.82 Å². The Morgan fingerprint density at radius 2 is 1.93 bits per heavy atom. The molecule has 0 spiro atoms. The third kappa shape index (κ3) is 2.54. The van der Waals surface area contributed by atoms with Crippen molar-refractivity contribution in [1.82, 2.24) is 9.97 Å². The first-order valence-electron chi connectivity index (χ1n) is 4.22. The molecule has 0 saturated heterocycles. The monoisotopic (exact) mass is 209 g/mol. The van der Waals surface area contributed by atoms with Crippen molar-refractivity contribution in [3.05, 3.63) is 11.9 Å². The third-order valence-electron chi connectivity index (χ3n) is 1.76. The van der Waals surface area contributed by atoms with E-state index in [2.05, 4.69) is 9.97 Å². The fourth-order valence-electron chi connectivity index (χ4n) is 0.966. The number of rotatable bonds is 4. The molecule has 0 bridgehead atoms. The van der Waals surface area contributed by atoms with Crippen LogP contribution in [0.5, 0.6) is 11.8 Å². The minimum Gasteiger partial charge on any atom is -0.481 e. The van der Waals surface area contributed by atoms with Crippen molar-refractivity contribution in [3.8, 4) is 17.8 Å². The normalized spacial score (nSPS) is 11.6. The SMILES string of the molecule is COc1cc(OC)nc(C(C#N)CO)n1. The van der Waals surface area contributed by atoms with E-state index in [4.69, 9.17) is 19.8 Å². The van der Waals surface area contributed by atoms with Crippen LogP contribution >= 0.6 is 0 Å². The summed E-state index contributed by atoms with van der Waals surface area (Å²) in [5, 5.41) is 17.7. The Morgan fingerprint density at radius 3 is 2.27 bits per heavy atom. The van der Waals surface area contributed by atoms with Crippen LogP contribution < -0.4 is 9.47 Å². The molecular weight excluding hydrogens is 198 g/mol. The van der Waals surface area contributed by atoms with Crippen molar-refractivity contribution in [2.24, 2.45) is 0 Å². The summed E-state index contributed by atoms with van der Waals surface area (Å²) in [6.07, 6.45) is 0. The van der Waals surface area contributed by atoms with Crippen molar-refractivity contribution in [1.29, 1.82) is 5.26 Å². The zero-order chi connectivity index (χ0) is 11.3. The topological polar surface area (TPSA) is 88.3 Å². The summed E-state index contributed by atoms with van der Waals surface area (Å²) in [7, 11) is 2.90. The summed E-state index contributed by atoms with van der Waals surface area (Å²) in [4.78, 5) is 7.89. The van der Waals surface area contributed by atoms with E-state index < -0.39 is 5.92 Å². The number of hydrogen-bond acceptors (Lipinski definition) is 6. The summed E-state index contributed by atoms with van der Waals surface area (Å²) < 4.78 is 9.83. The molecule has 0 amide bonds. The molecule has 1 rings (SSSR count). The lowest BCUT2D eigenvalue weighted by Crippen LogP contribution is -2.08. The van der Waals surface area contributed by atoms with Crippen LogP contribution in [0.1, 0.15) is 11.7 Å². The van der Waals surface area contributed by atoms with Crippen molar-refractivity contribution in [2.75, 3.05) is 20.8 Å². The number of methoxy groups -OCH3 is 2. The van der Waals surface area contributed by atoms with Gasteiger partial charge in [0.25, 0.3) is 0 Å². The zero-order valence-electron chi connectivity index (χ0n) is 8.47. The molecule has 1 heterocycles. The summed E-state index contributed by atoms with van der Waals surface area (Å²) in [6, 6.07) is 3.38. The lowest BCUT2D eigenvalue weighted by Gasteiger charge is -2.08. The fourth-order valence-corrected chi connectivity index (χ4v) is 0.966. The van der Waals surface area contributed by atoms with Crippen LogP contribution in [0.3, 0.4) is 0 Å². The standard InChI is InChI=1S/C9H11N3O3/c1-14-7-3-8(15-2)12-9(11-7)6(4-10)5-13/h3,6,13H,5H2,1-2H3. The van der Waals surface area contributed by atoms with Gasteiger partial charge in [-0.25, -0.2) is 0 Å². The Balaban J connectivity index is 3.12. The largest absolute Gasteiger partial charge is 0.481 e. The Kier molecular flexibility index (Phi) is 3.83. The van der Waals surface area contributed by atoms with Crippen molar-refractivity contribution < 1.29 is 14.6 Å². The van der Waals surface area contributed by atoms with Gasteiger partial charge in [0.05, 0.1) is 33.0 Å². The van der Waals surface area contributed by atoms with Gasteiger partial charge >= 0.3 is 0 Å². The highest BCUT2D eigenvalue weighted by Crippen LogP contribution is 2.19. The quantitative estimate of drug-likeness (QED) is 0.756. The molecule has 0 saturated carbocycles. The van der Waals surface area contributed by atoms with Crippen LogP contribution in [-0.2, 0) is 0 Å². The van der Waals surface area contributed by atoms with Crippen LogP contribution in [-0.4, -0.2) is 35.9 Å². The summed E-state index contributed by atoms with van der Waals surface area (Å²) in [6.45, 7) is -0.340. The smallest absolute Gasteiger partial charge is 0.220 e. The van der Waals surface area contributed by atoms with Crippen LogP contribution in [0.15, 0.2) is 6.07 Å². The first-order chi connectivity index (χ1) is 7.24. The van der Waals surface area contributed by atoms with Crippen LogP contribution in [0.2, 0.25) is 0 Å². The summed E-state index contributed by atoms with van der Waals surface area (Å²) in [5.41, 5.74) is 0. The molecule has 6 nitrogen and oxygen atoms in total. The lowest BCUT2D eigenvalue weighted by molar-refractivity contribution is 0.279. The molecule has 0 aliphatic carbocycles. The molecule has 1 unspecified atom stereocenters. The van der Waals surface area contributed by atoms with Crippen LogP contribution in [0.25, 0.3) is 0 Å². The van der Waals surface area contributed by atoms with Crippen molar-refractivity contribution in [2.45, 2.75) is 5.92 Å². The highest BCUT2D eigenvalue weighted by atomic mass is 16.5. The van der Waals surface area contributed by atoms with Crippen LogP contribution in [0.4, 0.5) is 0 Å². The number of hydrogen-bond donors (Lipinski definition) is 1. The second kappa shape index (κ2) is 5.12. The number of nitriles is 1. The second-order valence-electron chi connectivity index (χ2n) is 2.68. The molecule has 0 radical (unpaired) electrons. The number of nitrogens with zero attached hydrogens (tertiary/aromatic N) is 3. The third-order valence-corrected chi connectivity index (χ3v) is 1.76. The first-order valence-corrected chi connectivity index (χ1v) is 4.22. The first kappa shape index (κ1) is 11.2. The fraction of sp³-hybridized carbons (Fsp3) is 0.444. The summed E-state index contributed by atoms with van der Waals surface area (Å²) >= 11 is 0. The van der Waals surface area contributed by atoms with E-state index in [-0.39, 0.29) is 12.4 Å². The zero-order valence-corrected chi connectivity index (χ0v) is 8.47. The maximum Gasteiger partial charge on any atom is 0.220 e. The average Bonchev–Trinajstić information content (AvgIpc) is 2.30. The van der Waals surface area contributed by atoms with E-state index >= 15 is 0 Å². The van der Waals surface area contributed by atoms with Gasteiger partial charge in [0, 0.05) is 0 Å². The number of aliphatic hydroxyl groups excluding tert-OH is 1. The summed E-state index contributed by atoms with van der Waals surface area (Å²) in [5.74, 6) is 0.0151. The lowest BCUT2D eigenvalue weighted by atomic mass is 10.2. The molecule has 15 heavy (non-hydrogen) atoms. The molecule has 0 fully saturated rings. The average molecular weight is 209 g/mol. The van der Waals surface area contributed by atoms with E-state index in [1.54, 1.807) is 0 Å². The number of aliphatic hydroxyl groups is 1. The molecular formula is C9H11N3O3. The van der Waals surface area contributed by atoms with E-state index in [9.17, 15) is 0 Å². The molecule has 6 heteroatoms.